The third-order valence-electron chi connectivity index (χ3n) is 3.33. The van der Waals surface area contributed by atoms with Crippen molar-refractivity contribution in [1.82, 2.24) is 15.1 Å². The van der Waals surface area contributed by atoms with Gasteiger partial charge in [0.05, 0.1) is 17.8 Å². The average Bonchev–Trinajstić information content (AvgIpc) is 3.00. The van der Waals surface area contributed by atoms with E-state index in [9.17, 15) is 4.79 Å². The molecule has 0 bridgehead atoms. The van der Waals surface area contributed by atoms with Crippen molar-refractivity contribution >= 4 is 5.91 Å². The Morgan fingerprint density at radius 3 is 2.55 bits per heavy atom. The maximum Gasteiger partial charge on any atom is 0.251 e. The number of rotatable bonds is 5. The summed E-state index contributed by atoms with van der Waals surface area (Å²) in [6, 6.07) is 9.12. The second-order valence-electron chi connectivity index (χ2n) is 4.70. The fourth-order valence-electron chi connectivity index (χ4n) is 1.80. The van der Waals surface area contributed by atoms with Gasteiger partial charge in [0, 0.05) is 25.1 Å². The summed E-state index contributed by atoms with van der Waals surface area (Å²) in [6.45, 7) is 3.84. The molecule has 0 unspecified atom stereocenters. The molecule has 0 saturated heterocycles. The van der Waals surface area contributed by atoms with Crippen molar-refractivity contribution in [1.29, 1.82) is 0 Å². The number of amides is 1. The lowest BCUT2D eigenvalue weighted by Gasteiger charge is -2.19. The van der Waals surface area contributed by atoms with Crippen molar-refractivity contribution in [3.8, 4) is 5.69 Å². The summed E-state index contributed by atoms with van der Waals surface area (Å²) in [5, 5.41) is 7.06. The van der Waals surface area contributed by atoms with Gasteiger partial charge in [0.2, 0.25) is 0 Å². The Morgan fingerprint density at radius 2 is 2.00 bits per heavy atom. The van der Waals surface area contributed by atoms with E-state index in [-0.39, 0.29) is 18.1 Å². The first kappa shape index (κ1) is 14.3. The molecule has 2 rings (SSSR count). The van der Waals surface area contributed by atoms with Crippen molar-refractivity contribution in [2.45, 2.75) is 26.0 Å². The van der Waals surface area contributed by atoms with Gasteiger partial charge in [-0.25, -0.2) is 4.68 Å². The molecule has 1 N–H and O–H groups in total. The van der Waals surface area contributed by atoms with Crippen molar-refractivity contribution in [3.05, 3.63) is 48.3 Å². The third kappa shape index (κ3) is 3.24. The van der Waals surface area contributed by atoms with Gasteiger partial charge < -0.3 is 10.1 Å². The number of carbonyl (C=O) groups is 1. The predicted octanol–water partition coefficient (Wildman–Crippen LogP) is 2.03. The number of benzene rings is 1. The zero-order chi connectivity index (χ0) is 14.5. The van der Waals surface area contributed by atoms with Crippen molar-refractivity contribution in [2.24, 2.45) is 0 Å². The quantitative estimate of drug-likeness (QED) is 0.906. The predicted molar refractivity (Wildman–Crippen MR) is 77.0 cm³/mol. The van der Waals surface area contributed by atoms with Gasteiger partial charge in [0.15, 0.2) is 0 Å². The summed E-state index contributed by atoms with van der Waals surface area (Å²) in [7, 11) is 1.63. The number of hydrogen-bond donors (Lipinski definition) is 1. The van der Waals surface area contributed by atoms with E-state index >= 15 is 0 Å². The van der Waals surface area contributed by atoms with Gasteiger partial charge in [0.25, 0.3) is 5.91 Å². The van der Waals surface area contributed by atoms with E-state index in [1.807, 2.05) is 38.2 Å². The number of hydrogen-bond acceptors (Lipinski definition) is 3. The molecule has 20 heavy (non-hydrogen) atoms. The van der Waals surface area contributed by atoms with Gasteiger partial charge in [-0.3, -0.25) is 4.79 Å². The van der Waals surface area contributed by atoms with E-state index < -0.39 is 0 Å². The summed E-state index contributed by atoms with van der Waals surface area (Å²) in [5.74, 6) is -0.103. The van der Waals surface area contributed by atoms with Crippen LogP contribution in [0.5, 0.6) is 0 Å². The molecule has 1 heterocycles. The van der Waals surface area contributed by atoms with Crippen LogP contribution in [-0.2, 0) is 4.74 Å². The standard InChI is InChI=1S/C15H19N3O2/c1-11(12(2)20-3)17-15(19)13-5-7-14(8-6-13)18-10-4-9-16-18/h4-12H,1-3H3,(H,17,19)/t11-,12+/m0/s1. The van der Waals surface area contributed by atoms with Crippen LogP contribution < -0.4 is 5.32 Å². The Labute approximate surface area is 118 Å². The molecule has 1 aromatic heterocycles. The van der Waals surface area contributed by atoms with Crippen molar-refractivity contribution in [3.63, 3.8) is 0 Å². The lowest BCUT2D eigenvalue weighted by molar-refractivity contribution is 0.0735. The molecular formula is C15H19N3O2. The van der Waals surface area contributed by atoms with E-state index in [4.69, 9.17) is 4.74 Å². The molecule has 0 aliphatic carbocycles. The minimum atomic E-state index is -0.103. The molecular weight excluding hydrogens is 254 g/mol. The summed E-state index contributed by atoms with van der Waals surface area (Å²) in [5.41, 5.74) is 1.54. The van der Waals surface area contributed by atoms with Crippen LogP contribution in [0, 0.1) is 0 Å². The molecule has 0 spiro atoms. The molecule has 5 heteroatoms. The highest BCUT2D eigenvalue weighted by atomic mass is 16.5. The van der Waals surface area contributed by atoms with Crippen LogP contribution in [0.4, 0.5) is 0 Å². The first-order chi connectivity index (χ1) is 9.61. The van der Waals surface area contributed by atoms with Crippen LogP contribution in [0.2, 0.25) is 0 Å². The fourth-order valence-corrected chi connectivity index (χ4v) is 1.80. The van der Waals surface area contributed by atoms with Crippen LogP contribution in [0.25, 0.3) is 5.69 Å². The lowest BCUT2D eigenvalue weighted by atomic mass is 10.1. The molecule has 2 aromatic rings. The molecule has 1 amide bonds. The molecule has 0 fully saturated rings. The lowest BCUT2D eigenvalue weighted by Crippen LogP contribution is -2.40. The SMILES string of the molecule is CO[C@H](C)[C@H](C)NC(=O)c1ccc(-n2cccn2)cc1. The second kappa shape index (κ2) is 6.34. The maximum atomic E-state index is 12.1. The Balaban J connectivity index is 2.04. The van der Waals surface area contributed by atoms with E-state index in [1.165, 1.54) is 0 Å². The minimum Gasteiger partial charge on any atom is -0.380 e. The van der Waals surface area contributed by atoms with Gasteiger partial charge in [-0.2, -0.15) is 5.10 Å². The van der Waals surface area contributed by atoms with Gasteiger partial charge in [-0.05, 0) is 44.2 Å². The monoisotopic (exact) mass is 273 g/mol. The summed E-state index contributed by atoms with van der Waals surface area (Å²) in [4.78, 5) is 12.1. The van der Waals surface area contributed by atoms with Crippen LogP contribution in [0.3, 0.4) is 0 Å². The number of carbonyl (C=O) groups excluding carboxylic acids is 1. The fraction of sp³-hybridized carbons (Fsp3) is 0.333. The van der Waals surface area contributed by atoms with E-state index in [0.717, 1.165) is 5.69 Å². The van der Waals surface area contributed by atoms with Crippen molar-refractivity contribution in [2.75, 3.05) is 7.11 Å². The van der Waals surface area contributed by atoms with Crippen molar-refractivity contribution < 1.29 is 9.53 Å². The molecule has 0 aliphatic rings. The normalized spacial score (nSPS) is 13.8. The molecule has 0 radical (unpaired) electrons. The first-order valence-electron chi connectivity index (χ1n) is 6.55. The third-order valence-corrected chi connectivity index (χ3v) is 3.33. The zero-order valence-electron chi connectivity index (χ0n) is 11.9. The maximum absolute atomic E-state index is 12.1. The Morgan fingerprint density at radius 1 is 1.30 bits per heavy atom. The van der Waals surface area contributed by atoms with Crippen LogP contribution >= 0.6 is 0 Å². The molecule has 106 valence electrons. The number of methoxy groups -OCH3 is 1. The van der Waals surface area contributed by atoms with Gasteiger partial charge >= 0.3 is 0 Å². The number of nitrogens with zero attached hydrogens (tertiary/aromatic N) is 2. The van der Waals surface area contributed by atoms with E-state index in [1.54, 1.807) is 30.1 Å². The highest BCUT2D eigenvalue weighted by molar-refractivity contribution is 5.94. The highest BCUT2D eigenvalue weighted by Gasteiger charge is 2.15. The van der Waals surface area contributed by atoms with E-state index in [2.05, 4.69) is 10.4 Å². The molecule has 0 saturated carbocycles. The second-order valence-corrected chi connectivity index (χ2v) is 4.70. The van der Waals surface area contributed by atoms with Gasteiger partial charge in [-0.1, -0.05) is 0 Å². The van der Waals surface area contributed by atoms with Crippen LogP contribution in [0.1, 0.15) is 24.2 Å². The van der Waals surface area contributed by atoms with Gasteiger partial charge in [-0.15, -0.1) is 0 Å². The summed E-state index contributed by atoms with van der Waals surface area (Å²) >= 11 is 0. The smallest absolute Gasteiger partial charge is 0.251 e. The Bertz CT molecular complexity index is 549. The summed E-state index contributed by atoms with van der Waals surface area (Å²) in [6.07, 6.45) is 3.55. The Hall–Kier alpha value is -2.14. The molecule has 0 aliphatic heterocycles. The largest absolute Gasteiger partial charge is 0.380 e. The Kier molecular flexibility index (Phi) is 4.53. The van der Waals surface area contributed by atoms with Gasteiger partial charge in [0.1, 0.15) is 0 Å². The highest BCUT2D eigenvalue weighted by Crippen LogP contribution is 2.09. The number of aromatic nitrogens is 2. The van der Waals surface area contributed by atoms with E-state index in [0.29, 0.717) is 5.56 Å². The molecule has 1 aromatic carbocycles. The number of ether oxygens (including phenoxy) is 1. The topological polar surface area (TPSA) is 56.1 Å². The van der Waals surface area contributed by atoms with Crippen LogP contribution in [-0.4, -0.2) is 34.9 Å². The van der Waals surface area contributed by atoms with Crippen LogP contribution in [0.15, 0.2) is 42.7 Å². The summed E-state index contributed by atoms with van der Waals surface area (Å²) < 4.78 is 6.94. The number of nitrogens with one attached hydrogen (secondary N) is 1. The first-order valence-corrected chi connectivity index (χ1v) is 6.55. The minimum absolute atomic E-state index is 0.0257. The molecule has 2 atom stereocenters. The average molecular weight is 273 g/mol. The molecule has 5 nitrogen and oxygen atoms in total. The zero-order valence-corrected chi connectivity index (χ0v) is 11.9.